The highest BCUT2D eigenvalue weighted by molar-refractivity contribution is 5.50. The molecular weight excluding hydrogens is 280 g/mol. The van der Waals surface area contributed by atoms with E-state index in [0.29, 0.717) is 11.2 Å². The fourth-order valence-electron chi connectivity index (χ4n) is 3.24. The summed E-state index contributed by atoms with van der Waals surface area (Å²) in [6, 6.07) is 4.47. The van der Waals surface area contributed by atoms with Gasteiger partial charge in [-0.25, -0.2) is 0 Å². The van der Waals surface area contributed by atoms with Crippen LogP contribution in [0, 0.1) is 5.41 Å². The Labute approximate surface area is 144 Å². The Kier molecular flexibility index (Phi) is 5.99. The van der Waals surface area contributed by atoms with Crippen LogP contribution in [0.1, 0.15) is 98.3 Å². The van der Waals surface area contributed by atoms with Crippen molar-refractivity contribution in [3.8, 4) is 5.75 Å². The summed E-state index contributed by atoms with van der Waals surface area (Å²) in [5.41, 5.74) is 3.72. The normalized spacial score (nSPS) is 13.4. The lowest BCUT2D eigenvalue weighted by molar-refractivity contribution is 0.320. The van der Waals surface area contributed by atoms with Crippen molar-refractivity contribution >= 4 is 0 Å². The molecular formula is C22H38O. The number of phenolic OH excluding ortho intramolecular Hbond substituents is 1. The van der Waals surface area contributed by atoms with Gasteiger partial charge in [0.1, 0.15) is 5.75 Å². The Morgan fingerprint density at radius 3 is 1.61 bits per heavy atom. The molecule has 0 radical (unpaired) electrons. The topological polar surface area (TPSA) is 20.2 Å². The first-order valence-corrected chi connectivity index (χ1v) is 9.15. The highest BCUT2D eigenvalue weighted by atomic mass is 16.3. The second-order valence-corrected chi connectivity index (χ2v) is 9.98. The second kappa shape index (κ2) is 6.87. The Morgan fingerprint density at radius 1 is 0.826 bits per heavy atom. The molecule has 0 atom stereocenters. The van der Waals surface area contributed by atoms with Gasteiger partial charge < -0.3 is 5.11 Å². The van der Waals surface area contributed by atoms with Gasteiger partial charge in [-0.05, 0) is 45.8 Å². The highest BCUT2D eigenvalue weighted by Crippen LogP contribution is 2.41. The first-order chi connectivity index (χ1) is 10.3. The highest BCUT2D eigenvalue weighted by Gasteiger charge is 2.28. The molecule has 0 aliphatic heterocycles. The average molecular weight is 319 g/mol. The van der Waals surface area contributed by atoms with Crippen molar-refractivity contribution in [2.45, 2.75) is 98.8 Å². The van der Waals surface area contributed by atoms with E-state index in [1.165, 1.54) is 24.8 Å². The van der Waals surface area contributed by atoms with E-state index in [-0.39, 0.29) is 10.8 Å². The third kappa shape index (κ3) is 5.55. The molecule has 0 heterocycles. The van der Waals surface area contributed by atoms with Gasteiger partial charge >= 0.3 is 0 Å². The van der Waals surface area contributed by atoms with E-state index in [1.807, 2.05) is 0 Å². The molecule has 1 rings (SSSR count). The number of unbranched alkanes of at least 4 members (excludes halogenated alkanes) is 1. The third-order valence-corrected chi connectivity index (χ3v) is 4.68. The number of aromatic hydroxyl groups is 1. The molecule has 0 unspecified atom stereocenters. The maximum absolute atomic E-state index is 10.8. The van der Waals surface area contributed by atoms with Crippen molar-refractivity contribution in [3.05, 3.63) is 28.8 Å². The van der Waals surface area contributed by atoms with Crippen molar-refractivity contribution in [2.75, 3.05) is 0 Å². The van der Waals surface area contributed by atoms with Crippen LogP contribution in [-0.4, -0.2) is 5.11 Å². The van der Waals surface area contributed by atoms with Crippen molar-refractivity contribution in [3.63, 3.8) is 0 Å². The smallest absolute Gasteiger partial charge is 0.123 e. The van der Waals surface area contributed by atoms with Crippen LogP contribution in [0.15, 0.2) is 12.1 Å². The van der Waals surface area contributed by atoms with Gasteiger partial charge in [0, 0.05) is 0 Å². The second-order valence-electron chi connectivity index (χ2n) is 9.98. The minimum Gasteiger partial charge on any atom is -0.507 e. The Hall–Kier alpha value is -0.980. The molecule has 0 amide bonds. The summed E-state index contributed by atoms with van der Waals surface area (Å²) < 4.78 is 0. The minimum atomic E-state index is -0.0480. The van der Waals surface area contributed by atoms with Crippen molar-refractivity contribution < 1.29 is 5.11 Å². The summed E-state index contributed by atoms with van der Waals surface area (Å²) >= 11 is 0. The summed E-state index contributed by atoms with van der Waals surface area (Å²) in [4.78, 5) is 0. The van der Waals surface area contributed by atoms with Gasteiger partial charge in [0.2, 0.25) is 0 Å². The largest absolute Gasteiger partial charge is 0.507 e. The number of hydrogen-bond donors (Lipinski definition) is 1. The third-order valence-electron chi connectivity index (χ3n) is 4.68. The van der Waals surface area contributed by atoms with Crippen LogP contribution in [0.4, 0.5) is 0 Å². The quantitative estimate of drug-likeness (QED) is 0.637. The maximum Gasteiger partial charge on any atom is 0.123 e. The SMILES string of the molecule is CCCCC(C)(C)Cc1cc(C(C)(C)C)c(O)c(C(C)(C)C)c1. The predicted octanol–water partition coefficient (Wildman–Crippen LogP) is 6.75. The first-order valence-electron chi connectivity index (χ1n) is 9.15. The zero-order valence-electron chi connectivity index (χ0n) is 16.9. The standard InChI is InChI=1S/C22H38O/c1-10-11-12-22(8,9)15-16-13-17(20(2,3)4)19(23)18(14-16)21(5,6)7/h13-14,23H,10-12,15H2,1-9H3. The molecule has 1 aromatic carbocycles. The number of benzene rings is 1. The molecule has 0 spiro atoms. The molecule has 0 aliphatic carbocycles. The van der Waals surface area contributed by atoms with Crippen LogP contribution in [0.2, 0.25) is 0 Å². The fraction of sp³-hybridized carbons (Fsp3) is 0.727. The molecule has 0 saturated heterocycles. The number of hydrogen-bond acceptors (Lipinski definition) is 1. The van der Waals surface area contributed by atoms with Gasteiger partial charge in [-0.2, -0.15) is 0 Å². The van der Waals surface area contributed by atoms with Gasteiger partial charge in [-0.3, -0.25) is 0 Å². The molecule has 1 aromatic rings. The Balaban J connectivity index is 3.34. The Bertz CT molecular complexity index is 489. The van der Waals surface area contributed by atoms with Gasteiger partial charge in [0.15, 0.2) is 0 Å². The van der Waals surface area contributed by atoms with Crippen LogP contribution in [0.5, 0.6) is 5.75 Å². The Morgan fingerprint density at radius 2 is 1.26 bits per heavy atom. The summed E-state index contributed by atoms with van der Waals surface area (Å²) in [7, 11) is 0. The molecule has 0 aromatic heterocycles. The predicted molar refractivity (Wildman–Crippen MR) is 103 cm³/mol. The summed E-state index contributed by atoms with van der Waals surface area (Å²) in [5, 5.41) is 10.8. The number of rotatable bonds is 5. The van der Waals surface area contributed by atoms with E-state index in [9.17, 15) is 5.11 Å². The van der Waals surface area contributed by atoms with E-state index in [1.54, 1.807) is 0 Å². The van der Waals surface area contributed by atoms with E-state index in [0.717, 1.165) is 17.5 Å². The minimum absolute atomic E-state index is 0.0480. The fourth-order valence-corrected chi connectivity index (χ4v) is 3.24. The van der Waals surface area contributed by atoms with Gasteiger partial charge in [0.25, 0.3) is 0 Å². The molecule has 23 heavy (non-hydrogen) atoms. The van der Waals surface area contributed by atoms with Crippen LogP contribution >= 0.6 is 0 Å². The van der Waals surface area contributed by atoms with Gasteiger partial charge in [-0.1, -0.05) is 87.3 Å². The number of phenols is 1. The molecule has 1 heteroatoms. The van der Waals surface area contributed by atoms with Gasteiger partial charge in [-0.15, -0.1) is 0 Å². The van der Waals surface area contributed by atoms with Crippen molar-refractivity contribution in [2.24, 2.45) is 5.41 Å². The van der Waals surface area contributed by atoms with E-state index in [2.05, 4.69) is 74.4 Å². The van der Waals surface area contributed by atoms with Crippen molar-refractivity contribution in [1.29, 1.82) is 0 Å². The molecule has 1 N–H and O–H groups in total. The average Bonchev–Trinajstić information content (AvgIpc) is 2.35. The van der Waals surface area contributed by atoms with Crippen molar-refractivity contribution in [1.82, 2.24) is 0 Å². The summed E-state index contributed by atoms with van der Waals surface area (Å²) in [6.45, 7) is 20.1. The molecule has 1 nitrogen and oxygen atoms in total. The lowest BCUT2D eigenvalue weighted by Crippen LogP contribution is -2.20. The van der Waals surface area contributed by atoms with E-state index in [4.69, 9.17) is 0 Å². The molecule has 0 aliphatic rings. The summed E-state index contributed by atoms with van der Waals surface area (Å²) in [6.07, 6.45) is 4.85. The zero-order valence-corrected chi connectivity index (χ0v) is 16.9. The molecule has 0 bridgehead atoms. The lowest BCUT2D eigenvalue weighted by atomic mass is 9.75. The lowest BCUT2D eigenvalue weighted by Gasteiger charge is -2.30. The monoisotopic (exact) mass is 318 g/mol. The first kappa shape index (κ1) is 20.1. The molecule has 0 fully saturated rings. The molecule has 132 valence electrons. The maximum atomic E-state index is 10.8. The summed E-state index contributed by atoms with van der Waals surface area (Å²) in [5.74, 6) is 0.486. The van der Waals surface area contributed by atoms with Crippen LogP contribution in [0.25, 0.3) is 0 Å². The van der Waals surface area contributed by atoms with Crippen LogP contribution in [-0.2, 0) is 17.3 Å². The van der Waals surface area contributed by atoms with Crippen LogP contribution < -0.4 is 0 Å². The zero-order chi connectivity index (χ0) is 18.1. The van der Waals surface area contributed by atoms with E-state index >= 15 is 0 Å². The van der Waals surface area contributed by atoms with E-state index < -0.39 is 0 Å². The molecule has 0 saturated carbocycles. The van der Waals surface area contributed by atoms with Gasteiger partial charge in [0.05, 0.1) is 0 Å². The van der Waals surface area contributed by atoms with Crippen LogP contribution in [0.3, 0.4) is 0 Å².